The van der Waals surface area contributed by atoms with Crippen molar-refractivity contribution in [3.05, 3.63) is 64.2 Å². The van der Waals surface area contributed by atoms with Crippen molar-refractivity contribution in [1.82, 2.24) is 19.8 Å². The number of hydrogen-bond acceptors (Lipinski definition) is 8. The van der Waals surface area contributed by atoms with Crippen LogP contribution in [0.5, 0.6) is 11.5 Å². The lowest BCUT2D eigenvalue weighted by Crippen LogP contribution is -2.53. The number of nitrogens with zero attached hydrogens (tertiary/aromatic N) is 4. The summed E-state index contributed by atoms with van der Waals surface area (Å²) in [5, 5.41) is 13.8. The first kappa shape index (κ1) is 23.3. The number of pyridine rings is 2. The molecular weight excluding hydrogens is 446 g/mol. The quantitative estimate of drug-likeness (QED) is 0.553. The average molecular weight is 476 g/mol. The van der Waals surface area contributed by atoms with E-state index in [1.807, 2.05) is 18.2 Å². The highest BCUT2D eigenvalue weighted by atomic mass is 16.6. The Morgan fingerprint density at radius 2 is 2.00 bits per heavy atom. The molecule has 1 fully saturated rings. The molecule has 2 aliphatic rings. The molecule has 0 aliphatic carbocycles. The first-order valence-electron chi connectivity index (χ1n) is 11.9. The molecule has 1 N–H and O–H groups in total. The van der Waals surface area contributed by atoms with Crippen molar-refractivity contribution in [2.24, 2.45) is 0 Å². The van der Waals surface area contributed by atoms with Crippen LogP contribution in [0.2, 0.25) is 0 Å². The molecule has 2 atom stereocenters. The fourth-order valence-electron chi connectivity index (χ4n) is 4.81. The third-order valence-electron chi connectivity index (χ3n) is 6.74. The second-order valence-electron chi connectivity index (χ2n) is 8.88. The minimum Gasteiger partial charge on any atom is -0.486 e. The van der Waals surface area contributed by atoms with Crippen LogP contribution in [0.4, 0.5) is 0 Å². The van der Waals surface area contributed by atoms with Crippen LogP contribution in [-0.2, 0) is 17.8 Å². The zero-order valence-corrected chi connectivity index (χ0v) is 19.8. The number of aromatic nitrogens is 2. The van der Waals surface area contributed by atoms with Crippen LogP contribution < -0.4 is 20.3 Å². The summed E-state index contributed by atoms with van der Waals surface area (Å²) < 4.78 is 18.8. The molecule has 5 rings (SSSR count). The highest BCUT2D eigenvalue weighted by molar-refractivity contribution is 5.80. The molecule has 4 heterocycles. The van der Waals surface area contributed by atoms with Crippen LogP contribution in [0.1, 0.15) is 17.7 Å². The zero-order valence-electron chi connectivity index (χ0n) is 19.8. The number of nitrogens with one attached hydrogen (secondary N) is 1. The van der Waals surface area contributed by atoms with E-state index in [9.17, 15) is 10.1 Å². The van der Waals surface area contributed by atoms with Gasteiger partial charge in [-0.3, -0.25) is 14.7 Å². The van der Waals surface area contributed by atoms with Gasteiger partial charge in [0.25, 0.3) is 5.56 Å². The first-order valence-corrected chi connectivity index (χ1v) is 11.9. The number of nitriles is 1. The number of methoxy groups -OCH3 is 1. The van der Waals surface area contributed by atoms with Crippen molar-refractivity contribution in [2.75, 3.05) is 40.0 Å². The molecule has 3 aromatic rings. The van der Waals surface area contributed by atoms with Crippen molar-refractivity contribution < 1.29 is 14.2 Å². The molecule has 2 aromatic heterocycles. The third kappa shape index (κ3) is 5.15. The van der Waals surface area contributed by atoms with Crippen molar-refractivity contribution in [1.29, 1.82) is 5.26 Å². The summed E-state index contributed by atoms with van der Waals surface area (Å²) in [6, 6.07) is 13.1. The van der Waals surface area contributed by atoms with Gasteiger partial charge in [-0.05, 0) is 36.6 Å². The van der Waals surface area contributed by atoms with Gasteiger partial charge in [0.15, 0.2) is 11.5 Å². The maximum absolute atomic E-state index is 12.6. The molecule has 0 amide bonds. The van der Waals surface area contributed by atoms with E-state index in [4.69, 9.17) is 14.2 Å². The van der Waals surface area contributed by atoms with Crippen molar-refractivity contribution in [3.63, 3.8) is 0 Å². The van der Waals surface area contributed by atoms with Crippen LogP contribution in [0.15, 0.2) is 47.4 Å². The number of hydrogen-bond donors (Lipinski definition) is 1. The van der Waals surface area contributed by atoms with Crippen LogP contribution in [-0.4, -0.2) is 66.6 Å². The van der Waals surface area contributed by atoms with Gasteiger partial charge in [0, 0.05) is 51.5 Å². The topological polar surface area (TPSA) is 102 Å². The Morgan fingerprint density at radius 3 is 2.83 bits per heavy atom. The summed E-state index contributed by atoms with van der Waals surface area (Å²) in [7, 11) is 1.74. The van der Waals surface area contributed by atoms with Crippen LogP contribution >= 0.6 is 0 Å². The van der Waals surface area contributed by atoms with Gasteiger partial charge in [-0.15, -0.1) is 0 Å². The number of fused-ring (bicyclic) bond motifs is 2. The van der Waals surface area contributed by atoms with Gasteiger partial charge < -0.3 is 24.1 Å². The van der Waals surface area contributed by atoms with Gasteiger partial charge >= 0.3 is 0 Å². The molecule has 1 saturated heterocycles. The molecule has 1 aromatic carbocycles. The van der Waals surface area contributed by atoms with Gasteiger partial charge in [-0.2, -0.15) is 5.26 Å². The molecule has 0 saturated carbocycles. The van der Waals surface area contributed by atoms with E-state index < -0.39 is 0 Å². The molecule has 35 heavy (non-hydrogen) atoms. The fraction of sp³-hybridized carbons (Fsp3) is 0.423. The summed E-state index contributed by atoms with van der Waals surface area (Å²) in [5.74, 6) is 1.43. The standard InChI is InChI=1S/C26H29N5O4/c1-33-25-17-30(8-9-31-22-12-18(14-27)2-3-19(22)4-5-26(31)32)7-6-21(25)29-15-20-13-23-24(16-28-20)35-11-10-34-23/h2-5,12-13,16,21,25,29H,6-11,15,17H2,1H3/t21-,25+/m0/s1. The lowest BCUT2D eigenvalue weighted by Gasteiger charge is -2.38. The largest absolute Gasteiger partial charge is 0.486 e. The van der Waals surface area contributed by atoms with Crippen molar-refractivity contribution in [2.45, 2.75) is 31.7 Å². The molecule has 0 radical (unpaired) electrons. The van der Waals surface area contributed by atoms with Crippen molar-refractivity contribution >= 4 is 10.9 Å². The number of rotatable bonds is 7. The molecule has 0 unspecified atom stereocenters. The summed E-state index contributed by atoms with van der Waals surface area (Å²) in [6.07, 6.45) is 2.67. The predicted octanol–water partition coefficient (Wildman–Crippen LogP) is 1.92. The third-order valence-corrected chi connectivity index (χ3v) is 6.74. The molecular formula is C26H29N5O4. The van der Waals surface area contributed by atoms with E-state index in [-0.39, 0.29) is 17.7 Å². The van der Waals surface area contributed by atoms with Gasteiger partial charge in [0.2, 0.25) is 0 Å². The minimum atomic E-state index is -0.0561. The van der Waals surface area contributed by atoms with E-state index in [1.165, 1.54) is 0 Å². The Bertz CT molecular complexity index is 1300. The Kier molecular flexibility index (Phi) is 6.95. The Hall–Kier alpha value is -3.45. The molecule has 9 heteroatoms. The molecule has 0 bridgehead atoms. The monoisotopic (exact) mass is 475 g/mol. The van der Waals surface area contributed by atoms with Crippen LogP contribution in [0, 0.1) is 11.3 Å². The van der Waals surface area contributed by atoms with E-state index in [1.54, 1.807) is 36.1 Å². The summed E-state index contributed by atoms with van der Waals surface area (Å²) in [4.78, 5) is 19.4. The number of piperidine rings is 1. The highest BCUT2D eigenvalue weighted by Gasteiger charge is 2.29. The normalized spacial score (nSPS) is 20.0. The lowest BCUT2D eigenvalue weighted by atomic mass is 10.0. The average Bonchev–Trinajstić information content (AvgIpc) is 2.91. The molecule has 182 valence electrons. The summed E-state index contributed by atoms with van der Waals surface area (Å²) >= 11 is 0. The second-order valence-corrected chi connectivity index (χ2v) is 8.88. The van der Waals surface area contributed by atoms with Gasteiger partial charge in [0.05, 0.1) is 35.1 Å². The van der Waals surface area contributed by atoms with Gasteiger partial charge in [0.1, 0.15) is 13.2 Å². The fourth-order valence-corrected chi connectivity index (χ4v) is 4.81. The van der Waals surface area contributed by atoms with E-state index in [0.29, 0.717) is 37.6 Å². The molecule has 0 spiro atoms. The number of likely N-dealkylation sites (tertiary alicyclic amines) is 1. The van der Waals surface area contributed by atoms with Crippen LogP contribution in [0.3, 0.4) is 0 Å². The van der Waals surface area contributed by atoms with E-state index >= 15 is 0 Å². The Labute approximate surface area is 203 Å². The number of benzene rings is 1. The second kappa shape index (κ2) is 10.4. The first-order chi connectivity index (χ1) is 17.1. The summed E-state index contributed by atoms with van der Waals surface area (Å²) in [6.45, 7) is 4.68. The lowest BCUT2D eigenvalue weighted by molar-refractivity contribution is 0.00441. The smallest absolute Gasteiger partial charge is 0.251 e. The Morgan fingerprint density at radius 1 is 1.17 bits per heavy atom. The maximum atomic E-state index is 12.6. The molecule has 9 nitrogen and oxygen atoms in total. The highest BCUT2D eigenvalue weighted by Crippen LogP contribution is 2.29. The number of ether oxygens (including phenoxy) is 3. The van der Waals surface area contributed by atoms with Gasteiger partial charge in [-0.1, -0.05) is 6.07 Å². The summed E-state index contributed by atoms with van der Waals surface area (Å²) in [5.41, 5.74) is 2.19. The molecule has 2 aliphatic heterocycles. The van der Waals surface area contributed by atoms with E-state index in [0.717, 1.165) is 48.4 Å². The SMILES string of the molecule is CO[C@@H]1CN(CCn2c(=O)ccc3ccc(C#N)cc32)CC[C@@H]1NCc1cc2c(cn1)OCCO2. The van der Waals surface area contributed by atoms with E-state index in [2.05, 4.69) is 21.3 Å². The van der Waals surface area contributed by atoms with Gasteiger partial charge in [-0.25, -0.2) is 0 Å². The predicted molar refractivity (Wildman–Crippen MR) is 131 cm³/mol. The Balaban J connectivity index is 1.20. The minimum absolute atomic E-state index is 0.0235. The van der Waals surface area contributed by atoms with Crippen LogP contribution in [0.25, 0.3) is 10.9 Å². The zero-order chi connectivity index (χ0) is 24.2. The van der Waals surface area contributed by atoms with Crippen molar-refractivity contribution in [3.8, 4) is 17.6 Å². The maximum Gasteiger partial charge on any atom is 0.251 e.